The Hall–Kier alpha value is -3.41. The molecule has 0 amide bonds. The molecule has 4 aromatic rings. The van der Waals surface area contributed by atoms with Crippen LogP contribution in [0.1, 0.15) is 25.5 Å². The Morgan fingerprint density at radius 1 is 0.594 bits per heavy atom. The molecule has 6 heteroatoms. The summed E-state index contributed by atoms with van der Waals surface area (Å²) in [4.78, 5) is 0. The zero-order valence-electron chi connectivity index (χ0n) is 17.9. The van der Waals surface area contributed by atoms with Gasteiger partial charge in [-0.3, -0.25) is 0 Å². The van der Waals surface area contributed by atoms with E-state index in [0.717, 1.165) is 0 Å². The highest BCUT2D eigenvalue weighted by Crippen LogP contribution is 2.28. The lowest BCUT2D eigenvalue weighted by atomic mass is 9.97. The van der Waals surface area contributed by atoms with Crippen molar-refractivity contribution in [2.75, 3.05) is 0 Å². The predicted octanol–water partition coefficient (Wildman–Crippen LogP) is 7.72. The first kappa shape index (κ1) is 23.3. The average molecular weight is 437 g/mol. The maximum atomic E-state index is 9.75. The summed E-state index contributed by atoms with van der Waals surface area (Å²) in [7, 11) is -6.00. The number of rotatable bonds is 4. The van der Waals surface area contributed by atoms with Crippen LogP contribution in [0.2, 0.25) is 0 Å². The van der Waals surface area contributed by atoms with Crippen LogP contribution in [0, 0.1) is 0 Å². The summed E-state index contributed by atoms with van der Waals surface area (Å²) in [5, 5.41) is 0. The van der Waals surface area contributed by atoms with E-state index in [-0.39, 0.29) is 0 Å². The van der Waals surface area contributed by atoms with Crippen LogP contribution in [-0.4, -0.2) is 7.25 Å². The first-order chi connectivity index (χ1) is 15.2. The zero-order chi connectivity index (χ0) is 23.1. The largest absolute Gasteiger partial charge is 0.673 e. The van der Waals surface area contributed by atoms with E-state index in [9.17, 15) is 17.3 Å². The van der Waals surface area contributed by atoms with Crippen LogP contribution in [0.15, 0.2) is 103 Å². The van der Waals surface area contributed by atoms with E-state index in [2.05, 4.69) is 122 Å². The van der Waals surface area contributed by atoms with Gasteiger partial charge in [-0.1, -0.05) is 80.6 Å². The van der Waals surface area contributed by atoms with Gasteiger partial charge < -0.3 is 17.3 Å². The number of aromatic nitrogens is 1. The lowest BCUT2D eigenvalue weighted by Crippen LogP contribution is -2.39. The summed E-state index contributed by atoms with van der Waals surface area (Å²) in [5.41, 5.74) is 7.44. The van der Waals surface area contributed by atoms with Gasteiger partial charge in [0.1, 0.15) is 0 Å². The van der Waals surface area contributed by atoms with Gasteiger partial charge in [0, 0.05) is 35.7 Å². The first-order valence-corrected chi connectivity index (χ1v) is 10.4. The third-order valence-electron chi connectivity index (χ3n) is 4.88. The Balaban J connectivity index is 0.000000523. The normalized spacial score (nSPS) is 11.1. The number of para-hydroxylation sites is 1. The molecule has 4 rings (SSSR count). The Morgan fingerprint density at radius 2 is 1.03 bits per heavy atom. The van der Waals surface area contributed by atoms with Crippen molar-refractivity contribution in [3.05, 3.63) is 109 Å². The molecule has 0 saturated heterocycles. The minimum atomic E-state index is -6.00. The number of hydrogen-bond donors (Lipinski definition) is 0. The van der Waals surface area contributed by atoms with Gasteiger partial charge in [-0.25, -0.2) is 0 Å². The number of halogens is 4. The van der Waals surface area contributed by atoms with Gasteiger partial charge in [-0.15, -0.1) is 0 Å². The van der Waals surface area contributed by atoms with Crippen LogP contribution in [0.3, 0.4) is 0 Å². The molecule has 0 bridgehead atoms. The third kappa shape index (κ3) is 6.30. The lowest BCUT2D eigenvalue weighted by Gasteiger charge is -2.14. The molecule has 1 heterocycles. The molecule has 0 aliphatic heterocycles. The van der Waals surface area contributed by atoms with Crippen LogP contribution in [0.25, 0.3) is 28.1 Å². The summed E-state index contributed by atoms with van der Waals surface area (Å²) in [5.74, 6) is 0.399. The molecule has 0 saturated carbocycles. The van der Waals surface area contributed by atoms with Crippen molar-refractivity contribution >= 4 is 7.25 Å². The second-order valence-corrected chi connectivity index (χ2v) is 7.61. The van der Waals surface area contributed by atoms with E-state index in [0.29, 0.717) is 5.92 Å². The minimum Gasteiger partial charge on any atom is -0.418 e. The van der Waals surface area contributed by atoms with Gasteiger partial charge in [0.05, 0.1) is 0 Å². The number of benzene rings is 3. The molecular formula is C26H24BF4N. The van der Waals surface area contributed by atoms with E-state index in [1.54, 1.807) is 0 Å². The molecule has 0 fully saturated rings. The van der Waals surface area contributed by atoms with E-state index >= 15 is 0 Å². The Morgan fingerprint density at radius 3 is 1.50 bits per heavy atom. The first-order valence-electron chi connectivity index (χ1n) is 10.4. The molecule has 0 aliphatic rings. The summed E-state index contributed by atoms with van der Waals surface area (Å²) in [6, 6.07) is 36.6. The van der Waals surface area contributed by atoms with Gasteiger partial charge in [-0.2, -0.15) is 4.57 Å². The zero-order valence-corrected chi connectivity index (χ0v) is 17.9. The molecule has 0 radical (unpaired) electrons. The second-order valence-electron chi connectivity index (χ2n) is 7.61. The fourth-order valence-electron chi connectivity index (χ4n) is 3.53. The van der Waals surface area contributed by atoms with Gasteiger partial charge in [0.25, 0.3) is 0 Å². The van der Waals surface area contributed by atoms with Gasteiger partial charge in [-0.05, 0) is 23.3 Å². The SMILES string of the molecule is CC(C)c1cc(-c2ccccc2)cc(-c2ccccc2)[n+]1-c1ccccc1.F[B-](F)(F)F. The van der Waals surface area contributed by atoms with E-state index < -0.39 is 7.25 Å². The molecule has 0 aliphatic carbocycles. The van der Waals surface area contributed by atoms with Gasteiger partial charge in [0.15, 0.2) is 5.69 Å². The fraction of sp³-hybridized carbons (Fsp3) is 0.115. The van der Waals surface area contributed by atoms with Crippen molar-refractivity contribution < 1.29 is 21.8 Å². The minimum absolute atomic E-state index is 0.399. The van der Waals surface area contributed by atoms with Crippen molar-refractivity contribution in [2.45, 2.75) is 19.8 Å². The lowest BCUT2D eigenvalue weighted by molar-refractivity contribution is -0.594. The Labute approximate surface area is 186 Å². The quantitative estimate of drug-likeness (QED) is 0.175. The number of nitrogens with zero attached hydrogens (tertiary/aromatic N) is 1. The molecule has 32 heavy (non-hydrogen) atoms. The van der Waals surface area contributed by atoms with Crippen molar-refractivity contribution in [1.82, 2.24) is 0 Å². The summed E-state index contributed by atoms with van der Waals surface area (Å²) >= 11 is 0. The standard InChI is InChI=1S/C26H24N.BF4/c1-20(2)25-18-23(21-12-6-3-7-13-21)19-26(22-14-8-4-9-15-22)27(25)24-16-10-5-11-17-24;2-1(3,4)5/h3-20H,1-2H3;/q+1;-1. The average Bonchev–Trinajstić information content (AvgIpc) is 2.79. The molecule has 0 spiro atoms. The van der Waals surface area contributed by atoms with Crippen LogP contribution in [0.5, 0.6) is 0 Å². The van der Waals surface area contributed by atoms with Crippen molar-refractivity contribution in [3.63, 3.8) is 0 Å². The molecule has 1 nitrogen and oxygen atoms in total. The summed E-state index contributed by atoms with van der Waals surface area (Å²) in [6.45, 7) is 4.52. The van der Waals surface area contributed by atoms with Crippen LogP contribution < -0.4 is 4.57 Å². The highest BCUT2D eigenvalue weighted by molar-refractivity contribution is 6.50. The number of hydrogen-bond acceptors (Lipinski definition) is 0. The maximum absolute atomic E-state index is 9.75. The molecular weight excluding hydrogens is 413 g/mol. The van der Waals surface area contributed by atoms with Crippen LogP contribution in [-0.2, 0) is 0 Å². The molecule has 0 atom stereocenters. The monoisotopic (exact) mass is 437 g/mol. The van der Waals surface area contributed by atoms with Gasteiger partial charge >= 0.3 is 7.25 Å². The molecule has 164 valence electrons. The van der Waals surface area contributed by atoms with Gasteiger partial charge in [0.2, 0.25) is 11.4 Å². The van der Waals surface area contributed by atoms with Crippen molar-refractivity contribution in [3.8, 4) is 28.1 Å². The fourth-order valence-corrected chi connectivity index (χ4v) is 3.53. The third-order valence-corrected chi connectivity index (χ3v) is 4.88. The smallest absolute Gasteiger partial charge is 0.418 e. The topological polar surface area (TPSA) is 3.88 Å². The van der Waals surface area contributed by atoms with Crippen LogP contribution >= 0.6 is 0 Å². The molecule has 0 unspecified atom stereocenters. The number of pyridine rings is 1. The Bertz CT molecular complexity index is 1120. The van der Waals surface area contributed by atoms with E-state index in [1.807, 2.05) is 0 Å². The van der Waals surface area contributed by atoms with E-state index in [1.165, 1.54) is 33.8 Å². The highest BCUT2D eigenvalue weighted by Gasteiger charge is 2.25. The summed E-state index contributed by atoms with van der Waals surface area (Å²) < 4.78 is 41.4. The molecule has 0 N–H and O–H groups in total. The van der Waals surface area contributed by atoms with Crippen LogP contribution in [0.4, 0.5) is 17.3 Å². The Kier molecular flexibility index (Phi) is 7.47. The highest BCUT2D eigenvalue weighted by atomic mass is 19.5. The van der Waals surface area contributed by atoms with Crippen molar-refractivity contribution in [2.24, 2.45) is 0 Å². The summed E-state index contributed by atoms with van der Waals surface area (Å²) in [6.07, 6.45) is 0. The predicted molar refractivity (Wildman–Crippen MR) is 123 cm³/mol. The van der Waals surface area contributed by atoms with E-state index in [4.69, 9.17) is 0 Å². The maximum Gasteiger partial charge on any atom is 0.673 e. The molecule has 3 aromatic carbocycles. The second kappa shape index (κ2) is 10.3. The van der Waals surface area contributed by atoms with Crippen molar-refractivity contribution in [1.29, 1.82) is 0 Å². The molecule has 1 aromatic heterocycles.